The van der Waals surface area contributed by atoms with Gasteiger partial charge < -0.3 is 19.9 Å². The Balaban J connectivity index is 1.64. The van der Waals surface area contributed by atoms with Crippen molar-refractivity contribution in [3.8, 4) is 0 Å². The Morgan fingerprint density at radius 3 is 2.68 bits per heavy atom. The average molecular weight is 383 g/mol. The van der Waals surface area contributed by atoms with Crippen LogP contribution in [0.4, 0.5) is 5.69 Å². The van der Waals surface area contributed by atoms with E-state index in [1.165, 1.54) is 0 Å². The van der Waals surface area contributed by atoms with Crippen LogP contribution in [0.1, 0.15) is 40.7 Å². The molecule has 0 atom stereocenters. The number of aliphatic carboxylic acids is 1. The number of rotatable bonds is 8. The van der Waals surface area contributed by atoms with Gasteiger partial charge in [-0.25, -0.2) is 0 Å². The van der Waals surface area contributed by atoms with Gasteiger partial charge in [-0.2, -0.15) is 0 Å². The van der Waals surface area contributed by atoms with Gasteiger partial charge in [0, 0.05) is 30.9 Å². The van der Waals surface area contributed by atoms with Crippen LogP contribution in [0.15, 0.2) is 48.5 Å². The minimum absolute atomic E-state index is 0.0593. The highest BCUT2D eigenvalue weighted by atomic mass is 16.5. The van der Waals surface area contributed by atoms with Gasteiger partial charge in [0.2, 0.25) is 0 Å². The second-order valence-electron chi connectivity index (χ2n) is 6.83. The highest BCUT2D eigenvalue weighted by Gasteiger charge is 2.17. The first-order chi connectivity index (χ1) is 13.6. The average Bonchev–Trinajstić information content (AvgIpc) is 2.72. The number of carbonyl (C=O) groups is 2. The molecular weight excluding hydrogens is 358 g/mol. The van der Waals surface area contributed by atoms with E-state index in [0.717, 1.165) is 24.0 Å². The maximum atomic E-state index is 12.8. The predicted molar refractivity (Wildman–Crippen MR) is 105 cm³/mol. The number of benzene rings is 2. The van der Waals surface area contributed by atoms with Crippen molar-refractivity contribution in [2.45, 2.75) is 38.4 Å². The lowest BCUT2D eigenvalue weighted by atomic mass is 10.1. The van der Waals surface area contributed by atoms with Crippen LogP contribution in [0.3, 0.4) is 0 Å². The molecule has 0 aromatic heterocycles. The van der Waals surface area contributed by atoms with Crippen LogP contribution in [0.5, 0.6) is 0 Å². The molecule has 0 unspecified atom stereocenters. The van der Waals surface area contributed by atoms with Crippen LogP contribution in [-0.2, 0) is 27.3 Å². The second-order valence-corrected chi connectivity index (χ2v) is 6.83. The Morgan fingerprint density at radius 2 is 1.89 bits per heavy atom. The Hall–Kier alpha value is -2.70. The normalized spacial score (nSPS) is 14.6. The Bertz CT molecular complexity index is 814. The SMILES string of the molecule is O=C(O)CCc1cccc(NC(=O)c2ccccc2COC2CCOCC2)c1. The molecule has 1 amide bonds. The van der Waals surface area contributed by atoms with Crippen molar-refractivity contribution in [2.75, 3.05) is 18.5 Å². The maximum Gasteiger partial charge on any atom is 0.303 e. The van der Waals surface area contributed by atoms with Crippen molar-refractivity contribution >= 4 is 17.6 Å². The second kappa shape index (κ2) is 10.0. The zero-order valence-electron chi connectivity index (χ0n) is 15.7. The van der Waals surface area contributed by atoms with Crippen molar-refractivity contribution in [1.29, 1.82) is 0 Å². The first-order valence-corrected chi connectivity index (χ1v) is 9.51. The molecule has 0 spiro atoms. The van der Waals surface area contributed by atoms with Gasteiger partial charge in [0.1, 0.15) is 0 Å². The number of nitrogens with one attached hydrogen (secondary N) is 1. The molecule has 3 rings (SSSR count). The quantitative estimate of drug-likeness (QED) is 0.727. The Morgan fingerprint density at radius 1 is 1.11 bits per heavy atom. The molecule has 1 aliphatic heterocycles. The fraction of sp³-hybridized carbons (Fsp3) is 0.364. The first kappa shape index (κ1) is 20.0. The predicted octanol–water partition coefficient (Wildman–Crippen LogP) is 3.65. The summed E-state index contributed by atoms with van der Waals surface area (Å²) in [6, 6.07) is 14.7. The van der Waals surface area contributed by atoms with E-state index < -0.39 is 5.97 Å². The minimum Gasteiger partial charge on any atom is -0.481 e. The summed E-state index contributed by atoms with van der Waals surface area (Å²) in [5.41, 5.74) is 2.93. The fourth-order valence-electron chi connectivity index (χ4n) is 3.17. The number of hydrogen-bond acceptors (Lipinski definition) is 4. The molecule has 28 heavy (non-hydrogen) atoms. The van der Waals surface area contributed by atoms with Gasteiger partial charge in [-0.15, -0.1) is 0 Å². The van der Waals surface area contributed by atoms with E-state index in [4.69, 9.17) is 14.6 Å². The number of aryl methyl sites for hydroxylation is 1. The smallest absolute Gasteiger partial charge is 0.303 e. The molecule has 2 aromatic carbocycles. The Kier molecular flexibility index (Phi) is 7.17. The largest absolute Gasteiger partial charge is 0.481 e. The molecular formula is C22H25NO5. The third kappa shape index (κ3) is 5.90. The van der Waals surface area contributed by atoms with Gasteiger partial charge >= 0.3 is 5.97 Å². The van der Waals surface area contributed by atoms with Crippen LogP contribution in [0.2, 0.25) is 0 Å². The lowest BCUT2D eigenvalue weighted by molar-refractivity contribution is -0.136. The molecule has 2 aromatic rings. The van der Waals surface area contributed by atoms with E-state index in [1.807, 2.05) is 36.4 Å². The molecule has 6 nitrogen and oxygen atoms in total. The highest BCUT2D eigenvalue weighted by Crippen LogP contribution is 2.18. The molecule has 0 bridgehead atoms. The molecule has 0 radical (unpaired) electrons. The summed E-state index contributed by atoms with van der Waals surface area (Å²) < 4.78 is 11.3. The van der Waals surface area contributed by atoms with E-state index in [2.05, 4.69) is 5.32 Å². The zero-order chi connectivity index (χ0) is 19.8. The summed E-state index contributed by atoms with van der Waals surface area (Å²) in [6.45, 7) is 1.81. The van der Waals surface area contributed by atoms with Gasteiger partial charge in [0.05, 0.1) is 12.7 Å². The summed E-state index contributed by atoms with van der Waals surface area (Å²) in [6.07, 6.45) is 2.39. The van der Waals surface area contributed by atoms with E-state index in [9.17, 15) is 9.59 Å². The van der Waals surface area contributed by atoms with Crippen LogP contribution < -0.4 is 5.32 Å². The third-order valence-corrected chi connectivity index (χ3v) is 4.72. The number of carboxylic acids is 1. The van der Waals surface area contributed by atoms with Crippen molar-refractivity contribution in [3.63, 3.8) is 0 Å². The van der Waals surface area contributed by atoms with Crippen LogP contribution in [-0.4, -0.2) is 36.3 Å². The first-order valence-electron chi connectivity index (χ1n) is 9.51. The summed E-state index contributed by atoms with van der Waals surface area (Å²) in [7, 11) is 0. The number of hydrogen-bond donors (Lipinski definition) is 2. The van der Waals surface area contributed by atoms with Gasteiger partial charge in [0.25, 0.3) is 5.91 Å². The van der Waals surface area contributed by atoms with Crippen molar-refractivity contribution in [3.05, 3.63) is 65.2 Å². The molecule has 2 N–H and O–H groups in total. The number of carbonyl (C=O) groups excluding carboxylic acids is 1. The standard InChI is InChI=1S/C22H25NO5/c24-21(25)9-8-16-4-3-6-18(14-16)23-22(26)20-7-2-1-5-17(20)15-28-19-10-12-27-13-11-19/h1-7,14,19H,8-13,15H2,(H,23,26)(H,24,25). The number of anilines is 1. The number of amides is 1. The summed E-state index contributed by atoms with van der Waals surface area (Å²) in [4.78, 5) is 23.5. The van der Waals surface area contributed by atoms with Crippen molar-refractivity contribution < 1.29 is 24.2 Å². The van der Waals surface area contributed by atoms with Gasteiger partial charge in [-0.3, -0.25) is 9.59 Å². The molecule has 0 saturated carbocycles. The maximum absolute atomic E-state index is 12.8. The summed E-state index contributed by atoms with van der Waals surface area (Å²) in [5, 5.41) is 11.7. The van der Waals surface area contributed by atoms with Crippen molar-refractivity contribution in [2.24, 2.45) is 0 Å². The highest BCUT2D eigenvalue weighted by molar-refractivity contribution is 6.05. The molecule has 1 heterocycles. The van der Waals surface area contributed by atoms with E-state index in [-0.39, 0.29) is 18.4 Å². The van der Waals surface area contributed by atoms with E-state index >= 15 is 0 Å². The molecule has 148 valence electrons. The van der Waals surface area contributed by atoms with Gasteiger partial charge in [-0.05, 0) is 48.6 Å². The molecule has 1 saturated heterocycles. The zero-order valence-corrected chi connectivity index (χ0v) is 15.7. The van der Waals surface area contributed by atoms with E-state index in [0.29, 0.717) is 37.5 Å². The summed E-state index contributed by atoms with van der Waals surface area (Å²) in [5.74, 6) is -1.05. The monoisotopic (exact) mass is 383 g/mol. The minimum atomic E-state index is -0.840. The molecule has 1 aliphatic rings. The summed E-state index contributed by atoms with van der Waals surface area (Å²) >= 11 is 0. The lowest BCUT2D eigenvalue weighted by Gasteiger charge is -2.23. The third-order valence-electron chi connectivity index (χ3n) is 4.72. The molecule has 0 aliphatic carbocycles. The number of carboxylic acid groups (broad SMARTS) is 1. The van der Waals surface area contributed by atoms with E-state index in [1.54, 1.807) is 12.1 Å². The van der Waals surface area contributed by atoms with Crippen LogP contribution in [0, 0.1) is 0 Å². The molecule has 1 fully saturated rings. The number of ether oxygens (including phenoxy) is 2. The van der Waals surface area contributed by atoms with Crippen LogP contribution in [0.25, 0.3) is 0 Å². The topological polar surface area (TPSA) is 84.9 Å². The Labute approximate surface area is 164 Å². The van der Waals surface area contributed by atoms with Crippen molar-refractivity contribution in [1.82, 2.24) is 0 Å². The molecule has 6 heteroatoms. The lowest BCUT2D eigenvalue weighted by Crippen LogP contribution is -2.24. The van der Waals surface area contributed by atoms with Crippen LogP contribution >= 0.6 is 0 Å². The van der Waals surface area contributed by atoms with Gasteiger partial charge in [-0.1, -0.05) is 30.3 Å². The van der Waals surface area contributed by atoms with Gasteiger partial charge in [0.15, 0.2) is 0 Å². The fourth-order valence-corrected chi connectivity index (χ4v) is 3.17.